The summed E-state index contributed by atoms with van der Waals surface area (Å²) in [7, 11) is -3.75. The highest BCUT2D eigenvalue weighted by atomic mass is 32.2. The third kappa shape index (κ3) is 3.34. The summed E-state index contributed by atoms with van der Waals surface area (Å²) in [4.78, 5) is 13.1. The number of aryl methyl sites for hydroxylation is 1. The van der Waals surface area contributed by atoms with Crippen molar-refractivity contribution in [3.8, 4) is 0 Å². The van der Waals surface area contributed by atoms with Crippen LogP contribution >= 0.6 is 11.3 Å². The van der Waals surface area contributed by atoms with E-state index in [0.29, 0.717) is 15.7 Å². The van der Waals surface area contributed by atoms with E-state index in [0.717, 1.165) is 30.6 Å². The van der Waals surface area contributed by atoms with E-state index in [9.17, 15) is 13.2 Å². The summed E-state index contributed by atoms with van der Waals surface area (Å²) in [6.45, 7) is 3.82. The molecule has 7 heteroatoms. The van der Waals surface area contributed by atoms with Crippen LogP contribution in [0, 0.1) is 12.8 Å². The van der Waals surface area contributed by atoms with E-state index in [1.54, 1.807) is 6.92 Å². The van der Waals surface area contributed by atoms with Gasteiger partial charge >= 0.3 is 0 Å². The molecule has 0 saturated heterocycles. The first-order valence-electron chi connectivity index (χ1n) is 6.21. The molecule has 1 aromatic heterocycles. The quantitative estimate of drug-likeness (QED) is 0.889. The van der Waals surface area contributed by atoms with Gasteiger partial charge in [0.2, 0.25) is 10.0 Å². The van der Waals surface area contributed by atoms with Gasteiger partial charge in [0.05, 0.1) is 9.77 Å². The highest BCUT2D eigenvalue weighted by Gasteiger charge is 2.25. The Morgan fingerprint density at radius 1 is 1.47 bits per heavy atom. The Hall–Kier alpha value is -0.920. The fourth-order valence-corrected chi connectivity index (χ4v) is 4.50. The molecule has 0 spiro atoms. The van der Waals surface area contributed by atoms with Crippen LogP contribution in [0.5, 0.6) is 0 Å². The molecule has 1 aromatic rings. The summed E-state index contributed by atoms with van der Waals surface area (Å²) in [6, 6.07) is 1.56. The number of thiophene rings is 1. The number of hydrogen-bond donors (Lipinski definition) is 2. The van der Waals surface area contributed by atoms with Gasteiger partial charge in [-0.1, -0.05) is 6.92 Å². The molecule has 2 unspecified atom stereocenters. The lowest BCUT2D eigenvalue weighted by atomic mass is 10.1. The molecular weight excluding hydrogens is 284 g/mol. The van der Waals surface area contributed by atoms with Gasteiger partial charge < -0.3 is 5.32 Å². The zero-order valence-electron chi connectivity index (χ0n) is 11.0. The van der Waals surface area contributed by atoms with Crippen molar-refractivity contribution in [1.29, 1.82) is 0 Å². The number of hydrogen-bond acceptors (Lipinski definition) is 4. The van der Waals surface area contributed by atoms with Crippen LogP contribution in [0.2, 0.25) is 0 Å². The molecule has 19 heavy (non-hydrogen) atoms. The molecule has 0 radical (unpaired) electrons. The van der Waals surface area contributed by atoms with Gasteiger partial charge in [-0.3, -0.25) is 4.79 Å². The van der Waals surface area contributed by atoms with E-state index in [2.05, 4.69) is 12.2 Å². The van der Waals surface area contributed by atoms with E-state index in [4.69, 9.17) is 5.14 Å². The van der Waals surface area contributed by atoms with E-state index >= 15 is 0 Å². The third-order valence-corrected chi connectivity index (χ3v) is 5.65. The molecule has 106 valence electrons. The zero-order valence-corrected chi connectivity index (χ0v) is 12.6. The molecule has 1 saturated carbocycles. The van der Waals surface area contributed by atoms with Crippen molar-refractivity contribution in [1.82, 2.24) is 5.32 Å². The highest BCUT2D eigenvalue weighted by Crippen LogP contribution is 2.27. The number of carbonyl (C=O) groups is 1. The van der Waals surface area contributed by atoms with Crippen LogP contribution in [0.15, 0.2) is 11.0 Å². The van der Waals surface area contributed by atoms with Crippen LogP contribution in [-0.4, -0.2) is 20.4 Å². The second-order valence-electron chi connectivity index (χ2n) is 5.16. The number of rotatable bonds is 3. The topological polar surface area (TPSA) is 89.3 Å². The van der Waals surface area contributed by atoms with Gasteiger partial charge in [-0.2, -0.15) is 0 Å². The molecule has 0 aliphatic heterocycles. The summed E-state index contributed by atoms with van der Waals surface area (Å²) in [6.07, 6.45) is 3.09. The second kappa shape index (κ2) is 5.22. The summed E-state index contributed by atoms with van der Waals surface area (Å²) < 4.78 is 22.7. The summed E-state index contributed by atoms with van der Waals surface area (Å²) in [5, 5.41) is 8.05. The maximum atomic E-state index is 12.1. The van der Waals surface area contributed by atoms with Crippen LogP contribution in [0.1, 0.15) is 40.7 Å². The molecule has 1 fully saturated rings. The van der Waals surface area contributed by atoms with Crippen LogP contribution in [0.4, 0.5) is 0 Å². The monoisotopic (exact) mass is 302 g/mol. The molecule has 2 rings (SSSR count). The Bertz CT molecular complexity index is 592. The normalized spacial score (nSPS) is 23.5. The van der Waals surface area contributed by atoms with Gasteiger partial charge in [0.15, 0.2) is 0 Å². The predicted molar refractivity (Wildman–Crippen MR) is 74.7 cm³/mol. The standard InChI is InChI=1S/C12H18N2O3S2/c1-7-3-4-9(5-7)14-12(15)10-6-11(8(2)18-10)19(13,16)17/h6-7,9H,3-5H2,1-2H3,(H,14,15)(H2,13,16,17). The molecule has 1 aliphatic carbocycles. The smallest absolute Gasteiger partial charge is 0.261 e. The van der Waals surface area contributed by atoms with Gasteiger partial charge in [0.1, 0.15) is 0 Å². The number of nitrogens with one attached hydrogen (secondary N) is 1. The van der Waals surface area contributed by atoms with E-state index < -0.39 is 10.0 Å². The van der Waals surface area contributed by atoms with Gasteiger partial charge in [-0.25, -0.2) is 13.6 Å². The van der Waals surface area contributed by atoms with Crippen LogP contribution in [0.3, 0.4) is 0 Å². The molecule has 5 nitrogen and oxygen atoms in total. The average molecular weight is 302 g/mol. The van der Waals surface area contributed by atoms with Crippen molar-refractivity contribution in [2.45, 2.75) is 44.0 Å². The molecule has 1 aliphatic rings. The lowest BCUT2D eigenvalue weighted by Gasteiger charge is -2.11. The lowest BCUT2D eigenvalue weighted by molar-refractivity contribution is 0.0941. The molecular formula is C12H18N2O3S2. The Labute approximate surface area is 117 Å². The molecule has 1 heterocycles. The van der Waals surface area contributed by atoms with E-state index in [1.165, 1.54) is 6.07 Å². The largest absolute Gasteiger partial charge is 0.349 e. The Morgan fingerprint density at radius 3 is 2.63 bits per heavy atom. The minimum atomic E-state index is -3.75. The predicted octanol–water partition coefficient (Wildman–Crippen LogP) is 1.62. The van der Waals surface area contributed by atoms with Crippen LogP contribution < -0.4 is 10.5 Å². The maximum Gasteiger partial charge on any atom is 0.261 e. The van der Waals surface area contributed by atoms with Crippen molar-refractivity contribution in [3.63, 3.8) is 0 Å². The molecule has 0 aromatic carbocycles. The number of primary sulfonamides is 1. The first-order chi connectivity index (χ1) is 8.77. The van der Waals surface area contributed by atoms with Crippen molar-refractivity contribution in [2.75, 3.05) is 0 Å². The number of nitrogens with two attached hydrogens (primary N) is 1. The number of amides is 1. The third-order valence-electron chi connectivity index (χ3n) is 3.43. The summed E-state index contributed by atoms with van der Waals surface area (Å²) in [5.41, 5.74) is 0. The van der Waals surface area contributed by atoms with Crippen LogP contribution in [-0.2, 0) is 10.0 Å². The summed E-state index contributed by atoms with van der Waals surface area (Å²) >= 11 is 1.16. The van der Waals surface area contributed by atoms with Crippen molar-refractivity contribution in [3.05, 3.63) is 15.8 Å². The number of sulfonamides is 1. The molecule has 3 N–H and O–H groups in total. The van der Waals surface area contributed by atoms with Crippen LogP contribution in [0.25, 0.3) is 0 Å². The Morgan fingerprint density at radius 2 is 2.16 bits per heavy atom. The SMILES string of the molecule is Cc1sc(C(=O)NC2CCC(C)C2)cc1S(N)(=O)=O. The van der Waals surface area contributed by atoms with Gasteiger partial charge in [-0.15, -0.1) is 11.3 Å². The Balaban J connectivity index is 2.12. The first kappa shape index (κ1) is 14.5. The molecule has 2 atom stereocenters. The average Bonchev–Trinajstić information content (AvgIpc) is 2.84. The lowest BCUT2D eigenvalue weighted by Crippen LogP contribution is -2.32. The molecule has 0 bridgehead atoms. The van der Waals surface area contributed by atoms with E-state index in [1.807, 2.05) is 0 Å². The van der Waals surface area contributed by atoms with Gasteiger partial charge in [0, 0.05) is 10.9 Å². The van der Waals surface area contributed by atoms with Crippen molar-refractivity contribution in [2.24, 2.45) is 11.1 Å². The van der Waals surface area contributed by atoms with Gasteiger partial charge in [-0.05, 0) is 38.2 Å². The zero-order chi connectivity index (χ0) is 14.2. The minimum absolute atomic E-state index is 0.0439. The molecule has 1 amide bonds. The fraction of sp³-hybridized carbons (Fsp3) is 0.583. The second-order valence-corrected chi connectivity index (χ2v) is 7.95. The number of carbonyl (C=O) groups excluding carboxylic acids is 1. The van der Waals surface area contributed by atoms with Crippen molar-refractivity contribution >= 4 is 27.3 Å². The Kier molecular flexibility index (Phi) is 3.98. The maximum absolute atomic E-state index is 12.1. The fourth-order valence-electron chi connectivity index (χ4n) is 2.45. The minimum Gasteiger partial charge on any atom is -0.349 e. The van der Waals surface area contributed by atoms with E-state index in [-0.39, 0.29) is 16.8 Å². The highest BCUT2D eigenvalue weighted by molar-refractivity contribution is 7.89. The first-order valence-corrected chi connectivity index (χ1v) is 8.57. The summed E-state index contributed by atoms with van der Waals surface area (Å²) in [5.74, 6) is 0.428. The van der Waals surface area contributed by atoms with Crippen molar-refractivity contribution < 1.29 is 13.2 Å². The van der Waals surface area contributed by atoms with Gasteiger partial charge in [0.25, 0.3) is 5.91 Å².